The Morgan fingerprint density at radius 1 is 1.40 bits per heavy atom. The Balaban J connectivity index is 4.09. The monoisotopic (exact) mass is 152 g/mol. The summed E-state index contributed by atoms with van der Waals surface area (Å²) < 4.78 is 25.4. The molecule has 0 aromatic heterocycles. The van der Waals surface area contributed by atoms with Gasteiger partial charge in [0.25, 0.3) is 5.92 Å². The highest BCUT2D eigenvalue weighted by Gasteiger charge is 2.40. The van der Waals surface area contributed by atoms with Gasteiger partial charge in [-0.15, -0.1) is 0 Å². The van der Waals surface area contributed by atoms with Gasteiger partial charge in [0.1, 0.15) is 6.10 Å². The van der Waals surface area contributed by atoms with E-state index in [-0.39, 0.29) is 6.42 Å². The molecule has 1 nitrogen and oxygen atoms in total. The van der Waals surface area contributed by atoms with E-state index in [1.165, 1.54) is 13.8 Å². The first-order chi connectivity index (χ1) is 4.42. The van der Waals surface area contributed by atoms with E-state index in [1.807, 2.05) is 0 Å². The Hall–Kier alpha value is -0.180. The van der Waals surface area contributed by atoms with Gasteiger partial charge in [-0.3, -0.25) is 0 Å². The minimum atomic E-state index is -2.94. The summed E-state index contributed by atoms with van der Waals surface area (Å²) in [5, 5.41) is 8.81. The van der Waals surface area contributed by atoms with Crippen LogP contribution in [-0.2, 0) is 0 Å². The highest BCUT2D eigenvalue weighted by atomic mass is 19.3. The van der Waals surface area contributed by atoms with E-state index in [0.717, 1.165) is 0 Å². The Morgan fingerprint density at radius 2 is 1.80 bits per heavy atom. The summed E-state index contributed by atoms with van der Waals surface area (Å²) in [6, 6.07) is 0. The van der Waals surface area contributed by atoms with Crippen LogP contribution < -0.4 is 0 Å². The van der Waals surface area contributed by atoms with Crippen LogP contribution >= 0.6 is 0 Å². The van der Waals surface area contributed by atoms with Gasteiger partial charge in [-0.05, 0) is 6.42 Å². The van der Waals surface area contributed by atoms with Gasteiger partial charge in [0.15, 0.2) is 0 Å². The first kappa shape index (κ1) is 9.82. The van der Waals surface area contributed by atoms with Gasteiger partial charge in [0.05, 0.1) is 0 Å². The second kappa shape index (κ2) is 3.28. The standard InChI is InChI=1S/C7H14F2O/c1-4-6(10)7(8,9)5(2)3/h5-6,10H,4H2,1-3H3. The molecule has 0 bridgehead atoms. The Labute approximate surface area is 60.1 Å². The molecule has 0 radical (unpaired) electrons. The summed E-state index contributed by atoms with van der Waals surface area (Å²) in [7, 11) is 0. The van der Waals surface area contributed by atoms with E-state index in [2.05, 4.69) is 0 Å². The molecule has 10 heavy (non-hydrogen) atoms. The molecule has 1 unspecified atom stereocenters. The average Bonchev–Trinajstić information content (AvgIpc) is 1.86. The van der Waals surface area contributed by atoms with Gasteiger partial charge in [0.2, 0.25) is 0 Å². The second-order valence-corrected chi connectivity index (χ2v) is 2.75. The number of hydrogen-bond donors (Lipinski definition) is 1. The Morgan fingerprint density at radius 3 is 1.90 bits per heavy atom. The van der Waals surface area contributed by atoms with Crippen LogP contribution in [0, 0.1) is 5.92 Å². The topological polar surface area (TPSA) is 20.2 Å². The van der Waals surface area contributed by atoms with Gasteiger partial charge in [-0.1, -0.05) is 20.8 Å². The zero-order valence-electron chi connectivity index (χ0n) is 6.56. The molecular weight excluding hydrogens is 138 g/mol. The quantitative estimate of drug-likeness (QED) is 0.656. The van der Waals surface area contributed by atoms with Crippen molar-refractivity contribution in [1.82, 2.24) is 0 Å². The SMILES string of the molecule is CCC(O)C(F)(F)C(C)C. The van der Waals surface area contributed by atoms with Gasteiger partial charge in [-0.25, -0.2) is 8.78 Å². The third-order valence-corrected chi connectivity index (χ3v) is 1.60. The second-order valence-electron chi connectivity index (χ2n) is 2.75. The summed E-state index contributed by atoms with van der Waals surface area (Å²) in [6.45, 7) is 4.35. The normalized spacial score (nSPS) is 15.9. The summed E-state index contributed by atoms with van der Waals surface area (Å²) in [6.07, 6.45) is -1.39. The Bertz CT molecular complexity index is 102. The maximum absolute atomic E-state index is 12.7. The molecule has 62 valence electrons. The van der Waals surface area contributed by atoms with Crippen LogP contribution in [0.1, 0.15) is 27.2 Å². The van der Waals surface area contributed by atoms with E-state index in [0.29, 0.717) is 0 Å². The molecule has 0 aromatic rings. The average molecular weight is 152 g/mol. The smallest absolute Gasteiger partial charge is 0.275 e. The van der Waals surface area contributed by atoms with Crippen molar-refractivity contribution in [2.24, 2.45) is 5.92 Å². The lowest BCUT2D eigenvalue weighted by molar-refractivity contribution is -0.139. The predicted molar refractivity (Wildman–Crippen MR) is 36.1 cm³/mol. The highest BCUT2D eigenvalue weighted by Crippen LogP contribution is 2.29. The van der Waals surface area contributed by atoms with Gasteiger partial charge < -0.3 is 5.11 Å². The molecule has 0 aliphatic heterocycles. The van der Waals surface area contributed by atoms with Crippen LogP contribution in [0.25, 0.3) is 0 Å². The van der Waals surface area contributed by atoms with E-state index >= 15 is 0 Å². The van der Waals surface area contributed by atoms with Crippen LogP contribution in [0.15, 0.2) is 0 Å². The van der Waals surface area contributed by atoms with Crippen molar-refractivity contribution < 1.29 is 13.9 Å². The molecule has 0 heterocycles. The zero-order chi connectivity index (χ0) is 8.36. The molecule has 0 amide bonds. The fraction of sp³-hybridized carbons (Fsp3) is 1.00. The molecule has 3 heteroatoms. The zero-order valence-corrected chi connectivity index (χ0v) is 6.56. The van der Waals surface area contributed by atoms with Crippen molar-refractivity contribution in [2.45, 2.75) is 39.2 Å². The summed E-state index contributed by atoms with van der Waals surface area (Å²) in [4.78, 5) is 0. The fourth-order valence-electron chi connectivity index (χ4n) is 0.657. The van der Waals surface area contributed by atoms with Gasteiger partial charge >= 0.3 is 0 Å². The number of aliphatic hydroxyl groups is 1. The molecular formula is C7H14F2O. The van der Waals surface area contributed by atoms with Crippen LogP contribution in [-0.4, -0.2) is 17.1 Å². The molecule has 0 saturated carbocycles. The van der Waals surface area contributed by atoms with Crippen molar-refractivity contribution in [1.29, 1.82) is 0 Å². The molecule has 0 fully saturated rings. The third-order valence-electron chi connectivity index (χ3n) is 1.60. The number of halogens is 2. The first-order valence-corrected chi connectivity index (χ1v) is 3.48. The number of alkyl halides is 2. The minimum Gasteiger partial charge on any atom is -0.387 e. The maximum atomic E-state index is 12.7. The minimum absolute atomic E-state index is 0.102. The molecule has 0 aromatic carbocycles. The first-order valence-electron chi connectivity index (χ1n) is 3.48. The lowest BCUT2D eigenvalue weighted by Crippen LogP contribution is -2.37. The van der Waals surface area contributed by atoms with E-state index in [1.54, 1.807) is 6.92 Å². The van der Waals surface area contributed by atoms with Crippen LogP contribution in [0.3, 0.4) is 0 Å². The highest BCUT2D eigenvalue weighted by molar-refractivity contribution is 4.77. The molecule has 0 spiro atoms. The van der Waals surface area contributed by atoms with E-state index < -0.39 is 17.9 Å². The van der Waals surface area contributed by atoms with E-state index in [9.17, 15) is 8.78 Å². The predicted octanol–water partition coefficient (Wildman–Crippen LogP) is 2.05. The van der Waals surface area contributed by atoms with Crippen molar-refractivity contribution >= 4 is 0 Å². The molecule has 0 aliphatic carbocycles. The van der Waals surface area contributed by atoms with Crippen molar-refractivity contribution in [3.8, 4) is 0 Å². The molecule has 0 aliphatic rings. The van der Waals surface area contributed by atoms with Crippen LogP contribution in [0.4, 0.5) is 8.78 Å². The number of aliphatic hydroxyl groups excluding tert-OH is 1. The number of rotatable bonds is 3. The number of hydrogen-bond acceptors (Lipinski definition) is 1. The summed E-state index contributed by atoms with van der Waals surface area (Å²) in [5.74, 6) is -3.73. The molecule has 0 saturated heterocycles. The maximum Gasteiger partial charge on any atom is 0.275 e. The van der Waals surface area contributed by atoms with Crippen LogP contribution in [0.2, 0.25) is 0 Å². The third kappa shape index (κ3) is 1.90. The summed E-state index contributed by atoms with van der Waals surface area (Å²) in [5.41, 5.74) is 0. The fourth-order valence-corrected chi connectivity index (χ4v) is 0.657. The van der Waals surface area contributed by atoms with Crippen molar-refractivity contribution in [2.75, 3.05) is 0 Å². The molecule has 1 N–H and O–H groups in total. The lowest BCUT2D eigenvalue weighted by Gasteiger charge is -2.24. The molecule has 1 atom stereocenters. The van der Waals surface area contributed by atoms with Crippen molar-refractivity contribution in [3.05, 3.63) is 0 Å². The molecule has 0 rings (SSSR count). The van der Waals surface area contributed by atoms with Crippen LogP contribution in [0.5, 0.6) is 0 Å². The van der Waals surface area contributed by atoms with Gasteiger partial charge in [0, 0.05) is 5.92 Å². The lowest BCUT2D eigenvalue weighted by atomic mass is 9.99. The van der Waals surface area contributed by atoms with Crippen molar-refractivity contribution in [3.63, 3.8) is 0 Å². The largest absolute Gasteiger partial charge is 0.387 e. The van der Waals surface area contributed by atoms with E-state index in [4.69, 9.17) is 5.11 Å². The summed E-state index contributed by atoms with van der Waals surface area (Å²) >= 11 is 0. The van der Waals surface area contributed by atoms with Gasteiger partial charge in [-0.2, -0.15) is 0 Å². The Kier molecular flexibility index (Phi) is 3.22.